The lowest BCUT2D eigenvalue weighted by Crippen LogP contribution is -2.31. The van der Waals surface area contributed by atoms with E-state index in [2.05, 4.69) is 31.9 Å². The predicted octanol–water partition coefficient (Wildman–Crippen LogP) is 2.90. The van der Waals surface area contributed by atoms with Crippen LogP contribution in [0.1, 0.15) is 40.5 Å². The molecule has 0 rings (SSSR count). The lowest BCUT2D eigenvalue weighted by atomic mass is 9.95. The summed E-state index contributed by atoms with van der Waals surface area (Å²) in [6, 6.07) is 2.33. The van der Waals surface area contributed by atoms with Crippen LogP contribution in [0.2, 0.25) is 0 Å². The molecule has 14 heavy (non-hydrogen) atoms. The van der Waals surface area contributed by atoms with E-state index in [1.165, 1.54) is 12.8 Å². The third-order valence-corrected chi connectivity index (χ3v) is 2.29. The molecule has 0 saturated heterocycles. The normalized spacial score (nSPS) is 12.1. The number of nitriles is 1. The van der Waals surface area contributed by atoms with Crippen molar-refractivity contribution in [2.75, 3.05) is 20.1 Å². The van der Waals surface area contributed by atoms with Crippen molar-refractivity contribution >= 4 is 0 Å². The molecule has 0 aromatic heterocycles. The summed E-state index contributed by atoms with van der Waals surface area (Å²) in [6.07, 6.45) is 2.51. The van der Waals surface area contributed by atoms with Gasteiger partial charge in [0.1, 0.15) is 0 Å². The molecule has 0 saturated carbocycles. The van der Waals surface area contributed by atoms with Gasteiger partial charge in [-0.05, 0) is 46.2 Å². The maximum absolute atomic E-state index is 8.88. The second-order valence-corrected chi connectivity index (χ2v) is 5.27. The van der Waals surface area contributed by atoms with Gasteiger partial charge < -0.3 is 4.90 Å². The van der Waals surface area contributed by atoms with Gasteiger partial charge in [0.05, 0.1) is 11.5 Å². The fraction of sp³-hybridized carbons (Fsp3) is 0.917. The molecule has 0 bridgehead atoms. The highest BCUT2D eigenvalue weighted by atomic mass is 15.1. The smallest absolute Gasteiger partial charge is 0.0697 e. The van der Waals surface area contributed by atoms with Gasteiger partial charge in [0.15, 0.2) is 0 Å². The van der Waals surface area contributed by atoms with E-state index in [0.29, 0.717) is 0 Å². The van der Waals surface area contributed by atoms with Crippen LogP contribution in [0.3, 0.4) is 0 Å². The van der Waals surface area contributed by atoms with Gasteiger partial charge >= 0.3 is 0 Å². The van der Waals surface area contributed by atoms with Crippen molar-refractivity contribution in [1.29, 1.82) is 5.26 Å². The van der Waals surface area contributed by atoms with E-state index in [4.69, 9.17) is 5.26 Å². The Kier molecular flexibility index (Phi) is 5.79. The molecular formula is C12H24N2. The zero-order valence-electron chi connectivity index (χ0n) is 10.3. The summed E-state index contributed by atoms with van der Waals surface area (Å²) in [5, 5.41) is 8.88. The van der Waals surface area contributed by atoms with Crippen LogP contribution >= 0.6 is 0 Å². The fourth-order valence-electron chi connectivity index (χ4n) is 1.56. The minimum Gasteiger partial charge on any atom is -0.305 e. The highest BCUT2D eigenvalue weighted by molar-refractivity contribution is 4.93. The standard InChI is InChI=1S/C12H24N2/c1-11(2)7-6-8-14(5)10-12(3,4)9-13/h11H,6-8,10H2,1-5H3. The monoisotopic (exact) mass is 196 g/mol. The quantitative estimate of drug-likeness (QED) is 0.653. The molecule has 0 radical (unpaired) electrons. The summed E-state index contributed by atoms with van der Waals surface area (Å²) in [7, 11) is 2.10. The van der Waals surface area contributed by atoms with Crippen LogP contribution in [0, 0.1) is 22.7 Å². The van der Waals surface area contributed by atoms with E-state index in [-0.39, 0.29) is 5.41 Å². The van der Waals surface area contributed by atoms with Gasteiger partial charge in [-0.15, -0.1) is 0 Å². The van der Waals surface area contributed by atoms with Crippen molar-refractivity contribution in [2.45, 2.75) is 40.5 Å². The van der Waals surface area contributed by atoms with Crippen molar-refractivity contribution in [1.82, 2.24) is 4.90 Å². The Labute approximate surface area is 88.9 Å². The molecule has 0 aliphatic rings. The summed E-state index contributed by atoms with van der Waals surface area (Å²) >= 11 is 0. The lowest BCUT2D eigenvalue weighted by Gasteiger charge is -2.24. The first kappa shape index (κ1) is 13.4. The predicted molar refractivity (Wildman–Crippen MR) is 61.0 cm³/mol. The molecule has 0 N–H and O–H groups in total. The van der Waals surface area contributed by atoms with E-state index in [0.717, 1.165) is 19.0 Å². The molecule has 0 aromatic rings. The average molecular weight is 196 g/mol. The summed E-state index contributed by atoms with van der Waals surface area (Å²) in [5.74, 6) is 0.785. The minimum atomic E-state index is -0.216. The topological polar surface area (TPSA) is 27.0 Å². The maximum atomic E-state index is 8.88. The van der Waals surface area contributed by atoms with Gasteiger partial charge in [-0.2, -0.15) is 5.26 Å². The van der Waals surface area contributed by atoms with Gasteiger partial charge in [-0.1, -0.05) is 13.8 Å². The van der Waals surface area contributed by atoms with Crippen molar-refractivity contribution in [3.63, 3.8) is 0 Å². The van der Waals surface area contributed by atoms with Gasteiger partial charge in [0, 0.05) is 6.54 Å². The molecule has 82 valence electrons. The molecule has 0 aromatic carbocycles. The molecule has 0 unspecified atom stereocenters. The first-order valence-electron chi connectivity index (χ1n) is 5.47. The molecule has 0 aliphatic heterocycles. The second-order valence-electron chi connectivity index (χ2n) is 5.27. The molecule has 0 amide bonds. The SMILES string of the molecule is CC(C)CCCN(C)CC(C)(C)C#N. The Hall–Kier alpha value is -0.550. The highest BCUT2D eigenvalue weighted by Gasteiger charge is 2.18. The fourth-order valence-corrected chi connectivity index (χ4v) is 1.56. The lowest BCUT2D eigenvalue weighted by molar-refractivity contribution is 0.248. The Balaban J connectivity index is 3.67. The maximum Gasteiger partial charge on any atom is 0.0697 e. The molecule has 0 atom stereocenters. The van der Waals surface area contributed by atoms with Crippen molar-refractivity contribution < 1.29 is 0 Å². The number of rotatable bonds is 6. The van der Waals surface area contributed by atoms with Crippen LogP contribution in [0.5, 0.6) is 0 Å². The average Bonchev–Trinajstić information content (AvgIpc) is 2.02. The highest BCUT2D eigenvalue weighted by Crippen LogP contribution is 2.14. The molecule has 0 aliphatic carbocycles. The molecular weight excluding hydrogens is 172 g/mol. The number of hydrogen-bond donors (Lipinski definition) is 0. The van der Waals surface area contributed by atoms with Crippen molar-refractivity contribution in [2.24, 2.45) is 11.3 Å². The first-order valence-corrected chi connectivity index (χ1v) is 5.47. The Morgan fingerprint density at radius 1 is 1.36 bits per heavy atom. The molecule has 0 fully saturated rings. The zero-order valence-corrected chi connectivity index (χ0v) is 10.3. The van der Waals surface area contributed by atoms with Crippen molar-refractivity contribution in [3.8, 4) is 6.07 Å². The summed E-state index contributed by atoms with van der Waals surface area (Å²) in [6.45, 7) is 10.4. The van der Waals surface area contributed by atoms with Crippen LogP contribution < -0.4 is 0 Å². The first-order chi connectivity index (χ1) is 6.37. The van der Waals surface area contributed by atoms with E-state index in [9.17, 15) is 0 Å². The summed E-state index contributed by atoms with van der Waals surface area (Å²) in [5.41, 5.74) is -0.216. The van der Waals surface area contributed by atoms with E-state index in [1.54, 1.807) is 0 Å². The Morgan fingerprint density at radius 3 is 2.36 bits per heavy atom. The van der Waals surface area contributed by atoms with E-state index in [1.807, 2.05) is 13.8 Å². The third-order valence-electron chi connectivity index (χ3n) is 2.29. The van der Waals surface area contributed by atoms with Crippen molar-refractivity contribution in [3.05, 3.63) is 0 Å². The number of nitrogens with zero attached hydrogens (tertiary/aromatic N) is 2. The van der Waals surface area contributed by atoms with Gasteiger partial charge in [-0.3, -0.25) is 0 Å². The van der Waals surface area contributed by atoms with Gasteiger partial charge in [0.25, 0.3) is 0 Å². The molecule has 2 heteroatoms. The third kappa shape index (κ3) is 6.91. The Morgan fingerprint density at radius 2 is 1.93 bits per heavy atom. The summed E-state index contributed by atoms with van der Waals surface area (Å²) in [4.78, 5) is 2.26. The zero-order chi connectivity index (χ0) is 11.2. The minimum absolute atomic E-state index is 0.216. The largest absolute Gasteiger partial charge is 0.305 e. The molecule has 2 nitrogen and oxygen atoms in total. The van der Waals surface area contributed by atoms with Crippen LogP contribution in [-0.4, -0.2) is 25.0 Å². The Bertz CT molecular complexity index is 189. The van der Waals surface area contributed by atoms with Crippen LogP contribution in [-0.2, 0) is 0 Å². The van der Waals surface area contributed by atoms with Crippen LogP contribution in [0.25, 0.3) is 0 Å². The van der Waals surface area contributed by atoms with Gasteiger partial charge in [-0.25, -0.2) is 0 Å². The van der Waals surface area contributed by atoms with Crippen LogP contribution in [0.15, 0.2) is 0 Å². The second kappa shape index (κ2) is 6.03. The molecule has 0 spiro atoms. The van der Waals surface area contributed by atoms with Gasteiger partial charge in [0.2, 0.25) is 0 Å². The van der Waals surface area contributed by atoms with E-state index < -0.39 is 0 Å². The molecule has 0 heterocycles. The summed E-state index contributed by atoms with van der Waals surface area (Å²) < 4.78 is 0. The van der Waals surface area contributed by atoms with Crippen LogP contribution in [0.4, 0.5) is 0 Å². The number of hydrogen-bond acceptors (Lipinski definition) is 2. The van der Waals surface area contributed by atoms with E-state index >= 15 is 0 Å².